The molecule has 0 fully saturated rings. The van der Waals surface area contributed by atoms with Crippen LogP contribution in [0.25, 0.3) is 0 Å². The maximum absolute atomic E-state index is 13.4. The molecule has 0 saturated carbocycles. The largest absolute Gasteiger partial charge is 0.293 e. The van der Waals surface area contributed by atoms with E-state index in [4.69, 9.17) is 0 Å². The van der Waals surface area contributed by atoms with E-state index in [1.165, 1.54) is 6.07 Å². The van der Waals surface area contributed by atoms with Crippen LogP contribution in [-0.4, -0.2) is 11.5 Å². The molecule has 0 aliphatic rings. The molecule has 0 amide bonds. The van der Waals surface area contributed by atoms with Crippen LogP contribution < -0.4 is 0 Å². The lowest BCUT2D eigenvalue weighted by molar-refractivity contribution is 0.101. The van der Waals surface area contributed by atoms with E-state index in [1.807, 2.05) is 0 Å². The average Bonchev–Trinajstić information content (AvgIpc) is 2.40. The van der Waals surface area contributed by atoms with Gasteiger partial charge < -0.3 is 0 Å². The highest BCUT2D eigenvalue weighted by molar-refractivity contribution is 8.00. The molecule has 0 spiro atoms. The van der Waals surface area contributed by atoms with Gasteiger partial charge in [0.2, 0.25) is 0 Å². The van der Waals surface area contributed by atoms with Crippen molar-refractivity contribution in [1.29, 1.82) is 0 Å². The third-order valence-electron chi connectivity index (χ3n) is 2.50. The zero-order valence-electron chi connectivity index (χ0n) is 10.00. The van der Waals surface area contributed by atoms with Crippen molar-refractivity contribution in [3.8, 4) is 0 Å². The van der Waals surface area contributed by atoms with Crippen molar-refractivity contribution in [2.24, 2.45) is 0 Å². The number of halogens is 4. The van der Waals surface area contributed by atoms with Gasteiger partial charge >= 0.3 is 0 Å². The Morgan fingerprint density at radius 2 is 1.55 bits per heavy atom. The summed E-state index contributed by atoms with van der Waals surface area (Å²) >= 11 is 0.874. The fourth-order valence-electron chi connectivity index (χ4n) is 1.55. The fourth-order valence-corrected chi connectivity index (χ4v) is 2.35. The van der Waals surface area contributed by atoms with Gasteiger partial charge in [-0.3, -0.25) is 4.79 Å². The molecule has 2 rings (SSSR count). The summed E-state index contributed by atoms with van der Waals surface area (Å²) < 4.78 is 52.4. The molecule has 0 aromatic heterocycles. The Bertz CT molecular complexity index is 637. The molecule has 0 N–H and O–H groups in total. The average molecular weight is 300 g/mol. The maximum Gasteiger partial charge on any atom is 0.178 e. The van der Waals surface area contributed by atoms with Crippen molar-refractivity contribution < 1.29 is 22.4 Å². The number of Topliss-reactive ketones (excluding diaryl/α,β-unsaturated/α-hetero) is 1. The summed E-state index contributed by atoms with van der Waals surface area (Å²) in [6, 6.07) is 6.26. The zero-order chi connectivity index (χ0) is 14.7. The summed E-state index contributed by atoms with van der Waals surface area (Å²) in [7, 11) is 0. The lowest BCUT2D eigenvalue weighted by Gasteiger charge is -2.04. The van der Waals surface area contributed by atoms with E-state index in [-0.39, 0.29) is 5.75 Å². The van der Waals surface area contributed by atoms with Crippen molar-refractivity contribution in [1.82, 2.24) is 0 Å². The van der Waals surface area contributed by atoms with Crippen LogP contribution in [0.2, 0.25) is 0 Å². The highest BCUT2D eigenvalue weighted by Crippen LogP contribution is 2.23. The van der Waals surface area contributed by atoms with E-state index in [2.05, 4.69) is 0 Å². The van der Waals surface area contributed by atoms with Gasteiger partial charge in [-0.15, -0.1) is 11.8 Å². The summed E-state index contributed by atoms with van der Waals surface area (Å²) in [6.45, 7) is 0. The van der Waals surface area contributed by atoms with Gasteiger partial charge in [0.1, 0.15) is 11.6 Å². The Morgan fingerprint density at radius 3 is 2.15 bits per heavy atom. The van der Waals surface area contributed by atoms with E-state index in [1.54, 1.807) is 0 Å². The van der Waals surface area contributed by atoms with Crippen LogP contribution in [0.15, 0.2) is 41.3 Å². The molecular weight excluding hydrogens is 292 g/mol. The molecule has 0 unspecified atom stereocenters. The van der Waals surface area contributed by atoms with E-state index < -0.39 is 34.6 Å². The van der Waals surface area contributed by atoms with Gasteiger partial charge in [-0.2, -0.15) is 0 Å². The Balaban J connectivity index is 2.11. The molecule has 0 heterocycles. The SMILES string of the molecule is O=C(CSc1ccc(F)c(F)c1)c1c(F)cccc1F. The second-order valence-electron chi connectivity index (χ2n) is 3.88. The van der Waals surface area contributed by atoms with Crippen molar-refractivity contribution in [2.45, 2.75) is 4.90 Å². The van der Waals surface area contributed by atoms with Crippen LogP contribution in [0.5, 0.6) is 0 Å². The molecule has 6 heteroatoms. The Hall–Kier alpha value is -1.82. The number of carbonyl (C=O) groups excluding carboxylic acids is 1. The predicted octanol–water partition coefficient (Wildman–Crippen LogP) is 4.22. The number of hydrogen-bond donors (Lipinski definition) is 0. The van der Waals surface area contributed by atoms with E-state index in [9.17, 15) is 22.4 Å². The Kier molecular flexibility index (Phi) is 4.44. The summed E-state index contributed by atoms with van der Waals surface area (Å²) in [5, 5.41) is 0. The van der Waals surface area contributed by atoms with Crippen LogP contribution in [0.4, 0.5) is 17.6 Å². The minimum absolute atomic E-state index is 0.275. The highest BCUT2D eigenvalue weighted by Gasteiger charge is 2.17. The summed E-state index contributed by atoms with van der Waals surface area (Å²) in [4.78, 5) is 12.0. The lowest BCUT2D eigenvalue weighted by Crippen LogP contribution is -2.08. The van der Waals surface area contributed by atoms with Gasteiger partial charge in [0.05, 0.1) is 11.3 Å². The molecule has 2 aromatic rings. The minimum atomic E-state index is -1.04. The zero-order valence-corrected chi connectivity index (χ0v) is 10.8. The molecule has 0 atom stereocenters. The number of thioether (sulfide) groups is 1. The molecule has 1 nitrogen and oxygen atoms in total. The standard InChI is InChI=1S/C14H8F4OS/c15-9-5-4-8(6-12(9)18)20-7-13(19)14-10(16)2-1-3-11(14)17/h1-6H,7H2. The van der Waals surface area contributed by atoms with Crippen molar-refractivity contribution in [3.63, 3.8) is 0 Å². The smallest absolute Gasteiger partial charge is 0.178 e. The van der Waals surface area contributed by atoms with E-state index in [0.29, 0.717) is 4.90 Å². The van der Waals surface area contributed by atoms with Crippen molar-refractivity contribution >= 4 is 17.5 Å². The first-order valence-corrected chi connectivity index (χ1v) is 6.52. The Labute approximate surface area is 116 Å². The van der Waals surface area contributed by atoms with E-state index >= 15 is 0 Å². The number of carbonyl (C=O) groups is 1. The topological polar surface area (TPSA) is 17.1 Å². The van der Waals surface area contributed by atoms with Gasteiger partial charge in [0.25, 0.3) is 0 Å². The molecule has 104 valence electrons. The fraction of sp³-hybridized carbons (Fsp3) is 0.0714. The first kappa shape index (κ1) is 14.6. The molecular formula is C14H8F4OS. The minimum Gasteiger partial charge on any atom is -0.293 e. The maximum atomic E-state index is 13.4. The van der Waals surface area contributed by atoms with Gasteiger partial charge in [-0.25, -0.2) is 17.6 Å². The summed E-state index contributed by atoms with van der Waals surface area (Å²) in [5.74, 6) is -4.96. The molecule has 0 bridgehead atoms. The second-order valence-corrected chi connectivity index (χ2v) is 4.93. The molecule has 0 aliphatic heterocycles. The molecule has 20 heavy (non-hydrogen) atoms. The third kappa shape index (κ3) is 3.19. The molecule has 2 aromatic carbocycles. The normalized spacial score (nSPS) is 10.6. The number of rotatable bonds is 4. The van der Waals surface area contributed by atoms with Crippen molar-refractivity contribution in [2.75, 3.05) is 5.75 Å². The number of hydrogen-bond acceptors (Lipinski definition) is 2. The van der Waals surface area contributed by atoms with Crippen LogP contribution in [-0.2, 0) is 0 Å². The van der Waals surface area contributed by atoms with Crippen LogP contribution in [0, 0.1) is 23.3 Å². The van der Waals surface area contributed by atoms with E-state index in [0.717, 1.165) is 42.1 Å². The first-order chi connectivity index (χ1) is 9.49. The van der Waals surface area contributed by atoms with Crippen LogP contribution >= 0.6 is 11.8 Å². The second kappa shape index (κ2) is 6.09. The lowest BCUT2D eigenvalue weighted by atomic mass is 10.1. The quantitative estimate of drug-likeness (QED) is 0.478. The summed E-state index contributed by atoms with van der Waals surface area (Å²) in [5.41, 5.74) is -0.623. The Morgan fingerprint density at radius 1 is 0.900 bits per heavy atom. The number of benzene rings is 2. The van der Waals surface area contributed by atoms with Gasteiger partial charge in [-0.05, 0) is 30.3 Å². The van der Waals surface area contributed by atoms with Gasteiger partial charge in [0, 0.05) is 4.90 Å². The van der Waals surface area contributed by atoms with Crippen LogP contribution in [0.3, 0.4) is 0 Å². The third-order valence-corrected chi connectivity index (χ3v) is 3.50. The van der Waals surface area contributed by atoms with Crippen molar-refractivity contribution in [3.05, 3.63) is 65.2 Å². The van der Waals surface area contributed by atoms with Crippen LogP contribution in [0.1, 0.15) is 10.4 Å². The highest BCUT2D eigenvalue weighted by atomic mass is 32.2. The monoisotopic (exact) mass is 300 g/mol. The van der Waals surface area contributed by atoms with Gasteiger partial charge in [0.15, 0.2) is 17.4 Å². The summed E-state index contributed by atoms with van der Waals surface area (Å²) in [6.07, 6.45) is 0. The predicted molar refractivity (Wildman–Crippen MR) is 67.8 cm³/mol. The molecule has 0 aliphatic carbocycles. The first-order valence-electron chi connectivity index (χ1n) is 5.54. The molecule has 0 saturated heterocycles. The number of ketones is 1. The molecule has 0 radical (unpaired) electrons. The van der Waals surface area contributed by atoms with Gasteiger partial charge in [-0.1, -0.05) is 6.07 Å².